The average Bonchev–Trinajstić information content (AvgIpc) is 3.50. The molecule has 0 unspecified atom stereocenters. The fourth-order valence-electron chi connectivity index (χ4n) is 4.48. The molecule has 4 N–H and O–H groups in total. The molecule has 34 heavy (non-hydrogen) atoms. The molecule has 3 aliphatic rings. The zero-order chi connectivity index (χ0) is 24.9. The van der Waals surface area contributed by atoms with Crippen LogP contribution in [0.15, 0.2) is 6.20 Å². The number of amides is 2. The molecule has 0 atom stereocenters. The van der Waals surface area contributed by atoms with Crippen molar-refractivity contribution in [2.24, 2.45) is 17.6 Å². The molecule has 2 aliphatic carbocycles. The third-order valence-electron chi connectivity index (χ3n) is 6.67. The molecule has 2 heterocycles. The van der Waals surface area contributed by atoms with Crippen LogP contribution in [0.1, 0.15) is 62.2 Å². The Kier molecular flexibility index (Phi) is 8.20. The first-order valence-corrected chi connectivity index (χ1v) is 11.6. The van der Waals surface area contributed by atoms with Crippen LogP contribution in [0.2, 0.25) is 0 Å². The van der Waals surface area contributed by atoms with E-state index in [1.54, 1.807) is 6.92 Å². The Morgan fingerprint density at radius 3 is 2.44 bits per heavy atom. The molecule has 0 radical (unpaired) electrons. The number of nitrogens with one attached hydrogen (secondary N) is 2. The number of nitrogens with zero attached hydrogens (tertiary/aromatic N) is 3. The molecular formula is C22H31F3N6O3. The van der Waals surface area contributed by atoms with Crippen LogP contribution < -0.4 is 11.1 Å². The molecule has 188 valence electrons. The lowest BCUT2D eigenvalue weighted by atomic mass is 9.81. The summed E-state index contributed by atoms with van der Waals surface area (Å²) in [6.45, 7) is 1.60. The second-order valence-corrected chi connectivity index (χ2v) is 9.15. The normalized spacial score (nSPS) is 24.2. The van der Waals surface area contributed by atoms with Crippen LogP contribution in [-0.4, -0.2) is 64.4 Å². The van der Waals surface area contributed by atoms with E-state index >= 15 is 0 Å². The SMILES string of the molecule is CCOC1(C(F)(F)F)CN(C2CCC(CC#N)CC2)C1.NC(=O)c1cn[nH]c1NC(=O)C1CC1. The fraction of sp³-hybridized carbons (Fsp3) is 0.727. The number of hydrogen-bond donors (Lipinski definition) is 3. The predicted molar refractivity (Wildman–Crippen MR) is 116 cm³/mol. The zero-order valence-corrected chi connectivity index (χ0v) is 19.2. The summed E-state index contributed by atoms with van der Waals surface area (Å²) in [5, 5.41) is 17.4. The van der Waals surface area contributed by atoms with E-state index in [9.17, 15) is 22.8 Å². The number of aromatic nitrogens is 2. The smallest absolute Gasteiger partial charge is 0.365 e. The Morgan fingerprint density at radius 1 is 1.29 bits per heavy atom. The molecule has 1 saturated heterocycles. The number of anilines is 1. The Hall–Kier alpha value is -2.65. The minimum absolute atomic E-state index is 0.0437. The number of rotatable bonds is 7. The van der Waals surface area contributed by atoms with Crippen LogP contribution in [0.5, 0.6) is 0 Å². The van der Waals surface area contributed by atoms with E-state index in [2.05, 4.69) is 21.6 Å². The predicted octanol–water partition coefficient (Wildman–Crippen LogP) is 2.97. The lowest BCUT2D eigenvalue weighted by Crippen LogP contribution is -2.72. The summed E-state index contributed by atoms with van der Waals surface area (Å²) in [4.78, 5) is 24.1. The van der Waals surface area contributed by atoms with Gasteiger partial charge in [0.2, 0.25) is 5.91 Å². The number of hydrogen-bond acceptors (Lipinski definition) is 6. The van der Waals surface area contributed by atoms with Crippen LogP contribution in [-0.2, 0) is 9.53 Å². The summed E-state index contributed by atoms with van der Waals surface area (Å²) in [7, 11) is 0. The van der Waals surface area contributed by atoms with Crippen LogP contribution in [0.3, 0.4) is 0 Å². The van der Waals surface area contributed by atoms with Gasteiger partial charge in [0, 0.05) is 38.1 Å². The Bertz CT molecular complexity index is 894. The highest BCUT2D eigenvalue weighted by molar-refractivity contribution is 6.02. The van der Waals surface area contributed by atoms with Gasteiger partial charge in [-0.25, -0.2) is 0 Å². The molecule has 0 aromatic carbocycles. The van der Waals surface area contributed by atoms with E-state index in [1.807, 2.05) is 4.90 Å². The number of carbonyl (C=O) groups is 2. The molecule has 12 heteroatoms. The van der Waals surface area contributed by atoms with Gasteiger partial charge >= 0.3 is 6.18 Å². The average molecular weight is 485 g/mol. The van der Waals surface area contributed by atoms with Gasteiger partial charge in [-0.1, -0.05) is 0 Å². The Morgan fingerprint density at radius 2 is 1.94 bits per heavy atom. The van der Waals surface area contributed by atoms with Crippen molar-refractivity contribution in [2.75, 3.05) is 25.0 Å². The number of alkyl halides is 3. The summed E-state index contributed by atoms with van der Waals surface area (Å²) < 4.78 is 44.2. The van der Waals surface area contributed by atoms with Crippen molar-refractivity contribution in [3.63, 3.8) is 0 Å². The third kappa shape index (κ3) is 6.07. The molecule has 0 bridgehead atoms. The van der Waals surface area contributed by atoms with Gasteiger partial charge in [0.1, 0.15) is 11.4 Å². The Labute approximate surface area is 196 Å². The molecule has 2 amide bonds. The first-order chi connectivity index (χ1) is 16.1. The fourth-order valence-corrected chi connectivity index (χ4v) is 4.48. The van der Waals surface area contributed by atoms with Gasteiger partial charge in [0.15, 0.2) is 5.60 Å². The number of primary amides is 1. The van der Waals surface area contributed by atoms with Crippen molar-refractivity contribution in [1.29, 1.82) is 5.26 Å². The standard InChI is InChI=1S/C14H21F3N2O.C8H10N4O2/c1-2-20-13(14(15,16)17)9-19(10-13)12-5-3-11(4-6-12)7-8-18;9-6(13)5-3-10-12-7(5)11-8(14)4-1-2-4/h11-12H,2-7,9-10H2,1H3;3-4H,1-2H2,(H2,9,13)(H2,10,11,12,14). The molecular weight excluding hydrogens is 453 g/mol. The van der Waals surface area contributed by atoms with Gasteiger partial charge in [-0.15, -0.1) is 0 Å². The first-order valence-electron chi connectivity index (χ1n) is 11.6. The summed E-state index contributed by atoms with van der Waals surface area (Å²) in [5.41, 5.74) is 3.33. The van der Waals surface area contributed by atoms with E-state index < -0.39 is 17.7 Å². The molecule has 3 fully saturated rings. The van der Waals surface area contributed by atoms with Crippen molar-refractivity contribution >= 4 is 17.6 Å². The molecule has 9 nitrogen and oxygen atoms in total. The van der Waals surface area contributed by atoms with E-state index in [1.165, 1.54) is 6.20 Å². The number of ether oxygens (including phenoxy) is 1. The van der Waals surface area contributed by atoms with E-state index in [0.29, 0.717) is 12.3 Å². The van der Waals surface area contributed by atoms with Crippen molar-refractivity contribution in [2.45, 2.75) is 69.7 Å². The van der Waals surface area contributed by atoms with Gasteiger partial charge in [-0.3, -0.25) is 19.6 Å². The van der Waals surface area contributed by atoms with E-state index in [-0.39, 0.29) is 48.9 Å². The highest BCUT2D eigenvalue weighted by Crippen LogP contribution is 2.44. The zero-order valence-electron chi connectivity index (χ0n) is 19.2. The summed E-state index contributed by atoms with van der Waals surface area (Å²) in [6, 6.07) is 2.40. The van der Waals surface area contributed by atoms with Crippen LogP contribution in [0.25, 0.3) is 0 Å². The van der Waals surface area contributed by atoms with Crippen LogP contribution in [0, 0.1) is 23.2 Å². The number of carbonyl (C=O) groups excluding carboxylic acids is 2. The molecule has 1 aromatic rings. The van der Waals surface area contributed by atoms with Crippen LogP contribution in [0.4, 0.5) is 19.0 Å². The third-order valence-corrected chi connectivity index (χ3v) is 6.67. The topological polar surface area (TPSA) is 137 Å². The highest BCUT2D eigenvalue weighted by Gasteiger charge is 2.63. The number of aromatic amines is 1. The van der Waals surface area contributed by atoms with E-state index in [0.717, 1.165) is 38.5 Å². The number of H-pyrrole nitrogens is 1. The maximum atomic E-state index is 13.1. The van der Waals surface area contributed by atoms with Gasteiger partial charge in [0.05, 0.1) is 12.3 Å². The monoisotopic (exact) mass is 484 g/mol. The molecule has 1 aromatic heterocycles. The summed E-state index contributed by atoms with van der Waals surface area (Å²) >= 11 is 0. The number of likely N-dealkylation sites (tertiary alicyclic amines) is 1. The molecule has 0 spiro atoms. The maximum Gasteiger partial charge on any atom is 0.419 e. The van der Waals surface area contributed by atoms with Crippen molar-refractivity contribution < 1.29 is 27.5 Å². The quantitative estimate of drug-likeness (QED) is 0.544. The number of nitrogens with two attached hydrogens (primary N) is 1. The van der Waals surface area contributed by atoms with Crippen molar-refractivity contribution in [3.8, 4) is 6.07 Å². The lowest BCUT2D eigenvalue weighted by Gasteiger charge is -2.54. The minimum atomic E-state index is -4.29. The largest absolute Gasteiger partial charge is 0.419 e. The van der Waals surface area contributed by atoms with Gasteiger partial charge in [-0.2, -0.15) is 23.5 Å². The maximum absolute atomic E-state index is 13.1. The van der Waals surface area contributed by atoms with Gasteiger partial charge < -0.3 is 15.8 Å². The second kappa shape index (κ2) is 10.7. The summed E-state index contributed by atoms with van der Waals surface area (Å²) in [6.07, 6.45) is 3.07. The van der Waals surface area contributed by atoms with Gasteiger partial charge in [0.25, 0.3) is 5.91 Å². The van der Waals surface area contributed by atoms with Crippen molar-refractivity contribution in [3.05, 3.63) is 11.8 Å². The molecule has 4 rings (SSSR count). The van der Waals surface area contributed by atoms with Gasteiger partial charge in [-0.05, 0) is 51.4 Å². The van der Waals surface area contributed by atoms with Crippen LogP contribution >= 0.6 is 0 Å². The molecule has 2 saturated carbocycles. The highest BCUT2D eigenvalue weighted by atomic mass is 19.4. The number of halogens is 3. The number of nitriles is 1. The Balaban J connectivity index is 0.000000202. The summed E-state index contributed by atoms with van der Waals surface area (Å²) in [5.74, 6) is 0.104. The van der Waals surface area contributed by atoms with Crippen molar-refractivity contribution in [1.82, 2.24) is 15.1 Å². The van der Waals surface area contributed by atoms with E-state index in [4.69, 9.17) is 15.7 Å². The minimum Gasteiger partial charge on any atom is -0.365 e. The lowest BCUT2D eigenvalue weighted by molar-refractivity contribution is -0.322. The first kappa shape index (κ1) is 26.0. The molecule has 1 aliphatic heterocycles. The second-order valence-electron chi connectivity index (χ2n) is 9.15.